The Kier molecular flexibility index (Phi) is 2.52. The Morgan fingerprint density at radius 1 is 1.70 bits per heavy atom. The minimum atomic E-state index is -0.0591. The highest BCUT2D eigenvalue weighted by Gasteiger charge is 2.11. The summed E-state index contributed by atoms with van der Waals surface area (Å²) in [6.45, 7) is 0. The molecule has 1 unspecified atom stereocenters. The molecular weight excluding hydrogens is 171 g/mol. The first-order valence-electron chi connectivity index (χ1n) is 2.90. The topological polar surface area (TPSA) is 17.1 Å². The maximum absolute atomic E-state index is 10.2. The van der Waals surface area contributed by atoms with Crippen LogP contribution in [0.2, 0.25) is 0 Å². The van der Waals surface area contributed by atoms with Gasteiger partial charge in [0.2, 0.25) is 0 Å². The van der Waals surface area contributed by atoms with Crippen LogP contribution in [0.4, 0.5) is 0 Å². The van der Waals surface area contributed by atoms with Gasteiger partial charge in [0.15, 0.2) is 6.29 Å². The molecule has 0 aromatic carbocycles. The van der Waals surface area contributed by atoms with Gasteiger partial charge in [0, 0.05) is 17.0 Å². The van der Waals surface area contributed by atoms with Crippen molar-refractivity contribution in [2.24, 2.45) is 0 Å². The third-order valence-corrected chi connectivity index (χ3v) is 1.97. The zero-order chi connectivity index (χ0) is 7.56. The summed E-state index contributed by atoms with van der Waals surface area (Å²) < 4.78 is 0. The van der Waals surface area contributed by atoms with Gasteiger partial charge < -0.3 is 0 Å². The van der Waals surface area contributed by atoms with Crippen LogP contribution in [-0.4, -0.2) is 11.7 Å². The third-order valence-electron chi connectivity index (χ3n) is 1.30. The Morgan fingerprint density at radius 2 is 2.40 bits per heavy atom. The van der Waals surface area contributed by atoms with E-state index >= 15 is 0 Å². The number of allylic oxidation sites excluding steroid dienone is 4. The molecule has 1 atom stereocenters. The van der Waals surface area contributed by atoms with Crippen molar-refractivity contribution in [3.63, 3.8) is 0 Å². The zero-order valence-electron chi connectivity index (χ0n) is 5.18. The summed E-state index contributed by atoms with van der Waals surface area (Å²) in [5.41, 5.74) is 0.540. The first-order chi connectivity index (χ1) is 4.74. The predicted octanol–water partition coefficient (Wildman–Crippen LogP) is 2.25. The molecule has 0 amide bonds. The van der Waals surface area contributed by atoms with Crippen LogP contribution in [0, 0.1) is 0 Å². The third kappa shape index (κ3) is 1.61. The van der Waals surface area contributed by atoms with Crippen LogP contribution in [0.25, 0.3) is 0 Å². The van der Waals surface area contributed by atoms with Crippen LogP contribution in [0.5, 0.6) is 0 Å². The van der Waals surface area contributed by atoms with Crippen LogP contribution < -0.4 is 0 Å². The molecule has 1 rings (SSSR count). The Balaban J connectivity index is 2.82. The molecule has 0 spiro atoms. The van der Waals surface area contributed by atoms with Crippen LogP contribution in [-0.2, 0) is 4.79 Å². The van der Waals surface area contributed by atoms with Crippen molar-refractivity contribution in [3.05, 3.63) is 22.8 Å². The van der Waals surface area contributed by atoms with E-state index in [1.165, 1.54) is 0 Å². The van der Waals surface area contributed by atoms with Crippen molar-refractivity contribution in [2.75, 3.05) is 0 Å². The van der Waals surface area contributed by atoms with E-state index in [2.05, 4.69) is 0 Å². The Bertz CT molecular complexity index is 206. The minimum Gasteiger partial charge on any atom is -0.298 e. The maximum Gasteiger partial charge on any atom is 0.151 e. The lowest BCUT2D eigenvalue weighted by atomic mass is 10.1. The van der Waals surface area contributed by atoms with Gasteiger partial charge in [-0.1, -0.05) is 23.8 Å². The minimum absolute atomic E-state index is 0.0591. The van der Waals surface area contributed by atoms with Crippen LogP contribution >= 0.6 is 23.2 Å². The molecular formula is C7H6Cl2O. The van der Waals surface area contributed by atoms with Crippen LogP contribution in [0.15, 0.2) is 22.8 Å². The second-order valence-electron chi connectivity index (χ2n) is 2.06. The van der Waals surface area contributed by atoms with Crippen LogP contribution in [0.3, 0.4) is 0 Å². The average Bonchev–Trinajstić information content (AvgIpc) is 1.88. The fourth-order valence-electron chi connectivity index (χ4n) is 0.759. The molecule has 0 N–H and O–H groups in total. The summed E-state index contributed by atoms with van der Waals surface area (Å²) in [4.78, 5) is 10.2. The highest BCUT2D eigenvalue weighted by molar-refractivity contribution is 6.33. The summed E-state index contributed by atoms with van der Waals surface area (Å²) in [7, 11) is 0. The molecule has 10 heavy (non-hydrogen) atoms. The Labute approximate surface area is 69.3 Å². The first-order valence-corrected chi connectivity index (χ1v) is 3.71. The quantitative estimate of drug-likeness (QED) is 0.443. The number of alkyl halides is 1. The normalized spacial score (nSPS) is 25.2. The maximum atomic E-state index is 10.2. The largest absolute Gasteiger partial charge is 0.298 e. The molecule has 0 aromatic heterocycles. The molecule has 0 radical (unpaired) electrons. The fourth-order valence-corrected chi connectivity index (χ4v) is 1.34. The van der Waals surface area contributed by atoms with E-state index in [0.717, 1.165) is 6.29 Å². The second-order valence-corrected chi connectivity index (χ2v) is 3.07. The Morgan fingerprint density at radius 3 is 2.90 bits per heavy atom. The van der Waals surface area contributed by atoms with Crippen molar-refractivity contribution in [3.8, 4) is 0 Å². The summed E-state index contributed by atoms with van der Waals surface area (Å²) in [5.74, 6) is 0. The highest BCUT2D eigenvalue weighted by Crippen LogP contribution is 2.24. The second kappa shape index (κ2) is 3.22. The van der Waals surface area contributed by atoms with E-state index in [9.17, 15) is 4.79 Å². The van der Waals surface area contributed by atoms with Gasteiger partial charge in [0.1, 0.15) is 0 Å². The molecule has 1 nitrogen and oxygen atoms in total. The lowest BCUT2D eigenvalue weighted by Crippen LogP contribution is -2.01. The van der Waals surface area contributed by atoms with Gasteiger partial charge in [-0.3, -0.25) is 4.79 Å². The van der Waals surface area contributed by atoms with E-state index in [1.54, 1.807) is 12.2 Å². The van der Waals surface area contributed by atoms with E-state index in [0.29, 0.717) is 17.0 Å². The summed E-state index contributed by atoms with van der Waals surface area (Å²) in [6.07, 6.45) is 4.71. The first kappa shape index (κ1) is 7.83. The number of halogens is 2. The molecule has 1 aliphatic rings. The zero-order valence-corrected chi connectivity index (χ0v) is 6.69. The van der Waals surface area contributed by atoms with Crippen molar-refractivity contribution >= 4 is 29.5 Å². The molecule has 0 bridgehead atoms. The molecule has 0 saturated heterocycles. The number of hydrogen-bond acceptors (Lipinski definition) is 1. The molecule has 3 heteroatoms. The SMILES string of the molecule is O=CC1=C(Cl)CC(Cl)C=C1. The summed E-state index contributed by atoms with van der Waals surface area (Å²) >= 11 is 11.4. The smallest absolute Gasteiger partial charge is 0.151 e. The lowest BCUT2D eigenvalue weighted by molar-refractivity contribution is -0.104. The molecule has 0 heterocycles. The highest BCUT2D eigenvalue weighted by atomic mass is 35.5. The lowest BCUT2D eigenvalue weighted by Gasteiger charge is -2.09. The number of rotatable bonds is 1. The van der Waals surface area contributed by atoms with Gasteiger partial charge in [-0.2, -0.15) is 0 Å². The van der Waals surface area contributed by atoms with E-state index in [4.69, 9.17) is 23.2 Å². The van der Waals surface area contributed by atoms with Gasteiger partial charge in [-0.05, 0) is 0 Å². The van der Waals surface area contributed by atoms with E-state index in [1.807, 2.05) is 0 Å². The van der Waals surface area contributed by atoms with Crippen molar-refractivity contribution in [2.45, 2.75) is 11.8 Å². The molecule has 54 valence electrons. The van der Waals surface area contributed by atoms with E-state index < -0.39 is 0 Å². The number of hydrogen-bond donors (Lipinski definition) is 0. The Hall–Kier alpha value is -0.270. The predicted molar refractivity (Wildman–Crippen MR) is 42.3 cm³/mol. The van der Waals surface area contributed by atoms with Gasteiger partial charge >= 0.3 is 0 Å². The van der Waals surface area contributed by atoms with Gasteiger partial charge in [0.25, 0.3) is 0 Å². The summed E-state index contributed by atoms with van der Waals surface area (Å²) in [6, 6.07) is 0. The molecule has 0 aromatic rings. The molecule has 0 aliphatic heterocycles. The van der Waals surface area contributed by atoms with E-state index in [-0.39, 0.29) is 5.38 Å². The van der Waals surface area contributed by atoms with Crippen molar-refractivity contribution in [1.82, 2.24) is 0 Å². The number of carbonyl (C=O) groups excluding carboxylic acids is 1. The average molecular weight is 177 g/mol. The number of carbonyl (C=O) groups is 1. The molecule has 1 aliphatic carbocycles. The van der Waals surface area contributed by atoms with Gasteiger partial charge in [-0.25, -0.2) is 0 Å². The van der Waals surface area contributed by atoms with Gasteiger partial charge in [0.05, 0.1) is 5.38 Å². The molecule has 0 fully saturated rings. The fraction of sp³-hybridized carbons (Fsp3) is 0.286. The summed E-state index contributed by atoms with van der Waals surface area (Å²) in [5, 5.41) is 0.494. The van der Waals surface area contributed by atoms with Crippen LogP contribution in [0.1, 0.15) is 6.42 Å². The van der Waals surface area contributed by atoms with Crippen molar-refractivity contribution < 1.29 is 4.79 Å². The number of aldehydes is 1. The van der Waals surface area contributed by atoms with Crippen molar-refractivity contribution in [1.29, 1.82) is 0 Å². The van der Waals surface area contributed by atoms with Gasteiger partial charge in [-0.15, -0.1) is 11.6 Å². The molecule has 0 saturated carbocycles. The standard InChI is InChI=1S/C7H6Cl2O/c8-6-2-1-5(4-10)7(9)3-6/h1-2,4,6H,3H2. The monoisotopic (exact) mass is 176 g/mol.